The number of ketones is 1. The summed E-state index contributed by atoms with van der Waals surface area (Å²) >= 11 is 0. The van der Waals surface area contributed by atoms with Crippen LogP contribution >= 0.6 is 0 Å². The minimum Gasteiger partial charge on any atom is -0.328 e. The summed E-state index contributed by atoms with van der Waals surface area (Å²) in [4.78, 5) is 12.3. The molecule has 0 bridgehead atoms. The highest BCUT2D eigenvalue weighted by atomic mass is 16.1. The first-order valence-electron chi connectivity index (χ1n) is 7.10. The number of benzene rings is 1. The molecule has 1 aromatic carbocycles. The zero-order chi connectivity index (χ0) is 12.5. The lowest BCUT2D eigenvalue weighted by Crippen LogP contribution is -2.33. The van der Waals surface area contributed by atoms with E-state index in [9.17, 15) is 4.79 Å². The van der Waals surface area contributed by atoms with E-state index in [0.29, 0.717) is 11.7 Å². The number of fused-ring (bicyclic) bond motifs is 1. The fraction of sp³-hybridized carbons (Fsp3) is 0.562. The van der Waals surface area contributed by atoms with Gasteiger partial charge >= 0.3 is 0 Å². The van der Waals surface area contributed by atoms with Crippen LogP contribution in [0.5, 0.6) is 0 Å². The quantitative estimate of drug-likeness (QED) is 0.887. The number of hydrogen-bond donors (Lipinski definition) is 1. The Morgan fingerprint density at radius 3 is 2.89 bits per heavy atom. The summed E-state index contributed by atoms with van der Waals surface area (Å²) in [6.07, 6.45) is 6.00. The van der Waals surface area contributed by atoms with Crippen LogP contribution in [0, 0.1) is 5.92 Å². The van der Waals surface area contributed by atoms with E-state index in [2.05, 4.69) is 24.3 Å². The van der Waals surface area contributed by atoms with Gasteiger partial charge in [-0.25, -0.2) is 0 Å². The van der Waals surface area contributed by atoms with Gasteiger partial charge in [0, 0.05) is 18.4 Å². The van der Waals surface area contributed by atoms with Crippen molar-refractivity contribution in [3.05, 3.63) is 35.4 Å². The predicted octanol–water partition coefficient (Wildman–Crippen LogP) is 2.80. The molecule has 18 heavy (non-hydrogen) atoms. The lowest BCUT2D eigenvalue weighted by molar-refractivity contribution is -0.124. The molecule has 2 N–H and O–H groups in total. The third kappa shape index (κ3) is 2.22. The van der Waals surface area contributed by atoms with Gasteiger partial charge in [-0.1, -0.05) is 30.7 Å². The molecule has 0 spiro atoms. The molecule has 0 amide bonds. The van der Waals surface area contributed by atoms with Gasteiger partial charge in [-0.05, 0) is 42.7 Å². The fourth-order valence-corrected chi connectivity index (χ4v) is 3.47. The Hall–Kier alpha value is -1.15. The van der Waals surface area contributed by atoms with Crippen molar-refractivity contribution in [1.82, 2.24) is 0 Å². The molecule has 0 saturated heterocycles. The van der Waals surface area contributed by atoms with Crippen molar-refractivity contribution in [3.8, 4) is 0 Å². The van der Waals surface area contributed by atoms with Crippen molar-refractivity contribution >= 4 is 5.78 Å². The van der Waals surface area contributed by atoms with E-state index in [4.69, 9.17) is 5.73 Å². The van der Waals surface area contributed by atoms with Crippen LogP contribution in [0.2, 0.25) is 0 Å². The molecule has 2 aliphatic carbocycles. The largest absolute Gasteiger partial charge is 0.328 e. The summed E-state index contributed by atoms with van der Waals surface area (Å²) in [6, 6.07) is 8.75. The summed E-state index contributed by atoms with van der Waals surface area (Å²) in [5.41, 5.74) is 8.79. The van der Waals surface area contributed by atoms with Gasteiger partial charge in [0.1, 0.15) is 5.78 Å². The lowest BCUT2D eigenvalue weighted by Gasteiger charge is -2.32. The molecule has 3 rings (SSSR count). The minimum absolute atomic E-state index is 0.238. The number of carbonyl (C=O) groups excluding carboxylic acids is 1. The zero-order valence-electron chi connectivity index (χ0n) is 10.8. The first-order chi connectivity index (χ1) is 8.74. The molecule has 2 aliphatic rings. The summed E-state index contributed by atoms with van der Waals surface area (Å²) < 4.78 is 0. The van der Waals surface area contributed by atoms with E-state index in [1.54, 1.807) is 0 Å². The molecule has 96 valence electrons. The van der Waals surface area contributed by atoms with E-state index < -0.39 is 0 Å². The monoisotopic (exact) mass is 243 g/mol. The summed E-state index contributed by atoms with van der Waals surface area (Å²) in [7, 11) is 0. The predicted molar refractivity (Wildman–Crippen MR) is 72.4 cm³/mol. The second-order valence-corrected chi connectivity index (χ2v) is 5.89. The molecule has 1 fully saturated rings. The smallest absolute Gasteiger partial charge is 0.136 e. The number of rotatable bonds is 3. The van der Waals surface area contributed by atoms with Crippen LogP contribution in [-0.2, 0) is 11.2 Å². The summed E-state index contributed by atoms with van der Waals surface area (Å²) in [6.45, 7) is 0. The van der Waals surface area contributed by atoms with Gasteiger partial charge in [-0.2, -0.15) is 0 Å². The third-order valence-electron chi connectivity index (χ3n) is 4.58. The van der Waals surface area contributed by atoms with Crippen molar-refractivity contribution < 1.29 is 4.79 Å². The Kier molecular flexibility index (Phi) is 3.21. The molecular formula is C16H21NO. The van der Waals surface area contributed by atoms with Gasteiger partial charge in [0.25, 0.3) is 0 Å². The van der Waals surface area contributed by atoms with Crippen molar-refractivity contribution in [1.29, 1.82) is 0 Å². The Labute approximate surface area is 109 Å². The van der Waals surface area contributed by atoms with Crippen LogP contribution < -0.4 is 5.73 Å². The van der Waals surface area contributed by atoms with Crippen molar-refractivity contribution in [3.63, 3.8) is 0 Å². The van der Waals surface area contributed by atoms with Gasteiger partial charge in [0.15, 0.2) is 0 Å². The number of Topliss-reactive ketones (excluding diaryl/α,β-unsaturated/α-hetero) is 1. The number of nitrogens with two attached hydrogens (primary N) is 1. The van der Waals surface area contributed by atoms with Crippen LogP contribution in [0.15, 0.2) is 24.3 Å². The molecular weight excluding hydrogens is 222 g/mol. The SMILES string of the molecule is NC1CCCC(C(=O)CC2Cc3ccccc32)C1. The van der Waals surface area contributed by atoms with Gasteiger partial charge in [0.2, 0.25) is 0 Å². The summed E-state index contributed by atoms with van der Waals surface area (Å²) in [5, 5.41) is 0. The van der Waals surface area contributed by atoms with Gasteiger partial charge < -0.3 is 5.73 Å². The van der Waals surface area contributed by atoms with Crippen LogP contribution in [0.3, 0.4) is 0 Å². The van der Waals surface area contributed by atoms with E-state index in [0.717, 1.165) is 38.5 Å². The highest BCUT2D eigenvalue weighted by Crippen LogP contribution is 2.39. The second kappa shape index (κ2) is 4.85. The Bertz CT molecular complexity index is 454. The lowest BCUT2D eigenvalue weighted by atomic mass is 9.72. The third-order valence-corrected chi connectivity index (χ3v) is 4.58. The minimum atomic E-state index is 0.238. The molecule has 0 aromatic heterocycles. The first-order valence-corrected chi connectivity index (χ1v) is 7.10. The van der Waals surface area contributed by atoms with Crippen LogP contribution in [-0.4, -0.2) is 11.8 Å². The van der Waals surface area contributed by atoms with Crippen LogP contribution in [0.25, 0.3) is 0 Å². The fourth-order valence-electron chi connectivity index (χ4n) is 3.47. The molecule has 3 unspecified atom stereocenters. The standard InChI is InChI=1S/C16H21NO/c17-14-6-3-5-12(9-14)16(18)10-13-8-11-4-1-2-7-15(11)13/h1-2,4,7,12-14H,3,5-6,8-10,17H2. The molecule has 0 radical (unpaired) electrons. The zero-order valence-corrected chi connectivity index (χ0v) is 10.8. The Morgan fingerprint density at radius 1 is 1.28 bits per heavy atom. The summed E-state index contributed by atoms with van der Waals surface area (Å²) in [5.74, 6) is 1.16. The Morgan fingerprint density at radius 2 is 2.11 bits per heavy atom. The maximum Gasteiger partial charge on any atom is 0.136 e. The Balaban J connectivity index is 1.60. The highest BCUT2D eigenvalue weighted by Gasteiger charge is 2.31. The van der Waals surface area contributed by atoms with Gasteiger partial charge in [0.05, 0.1) is 0 Å². The average molecular weight is 243 g/mol. The normalized spacial score (nSPS) is 30.4. The molecule has 1 saturated carbocycles. The van der Waals surface area contributed by atoms with Crippen LogP contribution in [0.1, 0.15) is 49.1 Å². The molecule has 2 heteroatoms. The number of hydrogen-bond acceptors (Lipinski definition) is 2. The van der Waals surface area contributed by atoms with E-state index in [1.165, 1.54) is 11.1 Å². The van der Waals surface area contributed by atoms with Gasteiger partial charge in [-0.3, -0.25) is 4.79 Å². The highest BCUT2D eigenvalue weighted by molar-refractivity contribution is 5.82. The first kappa shape index (κ1) is 11.9. The molecule has 1 aromatic rings. The number of carbonyl (C=O) groups is 1. The maximum atomic E-state index is 12.3. The average Bonchev–Trinajstić information content (AvgIpc) is 2.36. The maximum absolute atomic E-state index is 12.3. The molecule has 3 atom stereocenters. The van der Waals surface area contributed by atoms with Crippen LogP contribution in [0.4, 0.5) is 0 Å². The second-order valence-electron chi connectivity index (χ2n) is 5.89. The van der Waals surface area contributed by atoms with E-state index >= 15 is 0 Å². The van der Waals surface area contributed by atoms with E-state index in [-0.39, 0.29) is 12.0 Å². The topological polar surface area (TPSA) is 43.1 Å². The molecule has 0 aliphatic heterocycles. The van der Waals surface area contributed by atoms with Gasteiger partial charge in [-0.15, -0.1) is 0 Å². The van der Waals surface area contributed by atoms with Crippen molar-refractivity contribution in [2.75, 3.05) is 0 Å². The van der Waals surface area contributed by atoms with Crippen molar-refractivity contribution in [2.24, 2.45) is 11.7 Å². The van der Waals surface area contributed by atoms with E-state index in [1.807, 2.05) is 0 Å². The van der Waals surface area contributed by atoms with Crippen molar-refractivity contribution in [2.45, 2.75) is 50.5 Å². The molecule has 0 heterocycles. The molecule has 2 nitrogen and oxygen atoms in total.